The van der Waals surface area contributed by atoms with Crippen LogP contribution in [0.5, 0.6) is 11.5 Å². The molecule has 1 aliphatic rings. The zero-order valence-electron chi connectivity index (χ0n) is 18.2. The quantitative estimate of drug-likeness (QED) is 0.282. The van der Waals surface area contributed by atoms with E-state index in [1.165, 1.54) is 19.2 Å². The summed E-state index contributed by atoms with van der Waals surface area (Å²) >= 11 is 19.3. The van der Waals surface area contributed by atoms with Gasteiger partial charge in [-0.05, 0) is 59.8 Å². The van der Waals surface area contributed by atoms with Crippen LogP contribution in [0.4, 0.5) is 9.18 Å². The molecule has 180 valence electrons. The van der Waals surface area contributed by atoms with Crippen LogP contribution >= 0.6 is 46.6 Å². The van der Waals surface area contributed by atoms with Gasteiger partial charge in [-0.3, -0.25) is 14.5 Å². The maximum Gasteiger partial charge on any atom is 0.293 e. The summed E-state index contributed by atoms with van der Waals surface area (Å²) in [6.07, 6.45) is 1.57. The van der Waals surface area contributed by atoms with E-state index in [-0.39, 0.29) is 28.6 Å². The summed E-state index contributed by atoms with van der Waals surface area (Å²) in [4.78, 5) is 26.8. The Hall–Kier alpha value is -2.71. The molecule has 0 spiro atoms. The van der Waals surface area contributed by atoms with Crippen LogP contribution in [-0.4, -0.2) is 23.2 Å². The Morgan fingerprint density at radius 3 is 2.26 bits per heavy atom. The van der Waals surface area contributed by atoms with Crippen molar-refractivity contribution in [1.29, 1.82) is 0 Å². The van der Waals surface area contributed by atoms with Crippen LogP contribution in [0.25, 0.3) is 6.08 Å². The van der Waals surface area contributed by atoms with Crippen molar-refractivity contribution < 1.29 is 23.5 Å². The third kappa shape index (κ3) is 5.59. The fourth-order valence-corrected chi connectivity index (χ4v) is 4.92. The van der Waals surface area contributed by atoms with Gasteiger partial charge in [-0.25, -0.2) is 4.39 Å². The minimum atomic E-state index is -0.486. The van der Waals surface area contributed by atoms with Gasteiger partial charge in [0.2, 0.25) is 0 Å². The summed E-state index contributed by atoms with van der Waals surface area (Å²) < 4.78 is 25.2. The average Bonchev–Trinajstić information content (AvgIpc) is 3.08. The molecule has 0 aromatic heterocycles. The third-order valence-corrected chi connectivity index (χ3v) is 7.14. The van der Waals surface area contributed by atoms with E-state index >= 15 is 0 Å². The van der Waals surface area contributed by atoms with Crippen LogP contribution in [0.3, 0.4) is 0 Å². The molecule has 0 bridgehead atoms. The number of hydrogen-bond acceptors (Lipinski definition) is 5. The number of ether oxygens (including phenoxy) is 2. The second-order valence-corrected chi connectivity index (χ2v) is 9.58. The third-order valence-electron chi connectivity index (χ3n) is 5.17. The Morgan fingerprint density at radius 2 is 1.60 bits per heavy atom. The molecular formula is C25H17Cl3FNO4S. The first-order chi connectivity index (χ1) is 16.8. The number of rotatable bonds is 7. The van der Waals surface area contributed by atoms with Crippen molar-refractivity contribution in [3.05, 3.63) is 97.1 Å². The van der Waals surface area contributed by atoms with Gasteiger partial charge in [0.25, 0.3) is 11.1 Å². The van der Waals surface area contributed by atoms with E-state index in [9.17, 15) is 14.0 Å². The molecule has 3 aromatic carbocycles. The van der Waals surface area contributed by atoms with Crippen LogP contribution in [0.15, 0.2) is 59.5 Å². The largest absolute Gasteiger partial charge is 0.493 e. The highest BCUT2D eigenvalue weighted by Crippen LogP contribution is 2.37. The lowest BCUT2D eigenvalue weighted by molar-refractivity contribution is -0.123. The SMILES string of the molecule is COc1ccc(/C=C2/SC(=O)N(Cc3c(Cl)cccc3Cl)C2=O)cc1OCc1c(F)cccc1Cl. The molecule has 5 nitrogen and oxygen atoms in total. The van der Waals surface area contributed by atoms with Crippen LogP contribution in [-0.2, 0) is 17.9 Å². The van der Waals surface area contributed by atoms with E-state index in [0.29, 0.717) is 32.7 Å². The number of thioether (sulfide) groups is 1. The molecule has 1 heterocycles. The lowest BCUT2D eigenvalue weighted by atomic mass is 10.1. The molecule has 2 amide bonds. The molecule has 0 saturated carbocycles. The van der Waals surface area contributed by atoms with E-state index in [1.54, 1.807) is 48.5 Å². The first kappa shape index (κ1) is 25.4. The Bertz CT molecular complexity index is 1310. The molecule has 0 atom stereocenters. The summed E-state index contributed by atoms with van der Waals surface area (Å²) in [5.41, 5.74) is 1.29. The fourth-order valence-electron chi connectivity index (χ4n) is 3.35. The summed E-state index contributed by atoms with van der Waals surface area (Å²) in [6, 6.07) is 14.3. The minimum absolute atomic E-state index is 0.0408. The van der Waals surface area contributed by atoms with Gasteiger partial charge in [-0.15, -0.1) is 0 Å². The van der Waals surface area contributed by atoms with Crippen molar-refractivity contribution in [1.82, 2.24) is 4.90 Å². The zero-order chi connectivity index (χ0) is 25.1. The Labute approximate surface area is 220 Å². The maximum absolute atomic E-state index is 14.1. The maximum atomic E-state index is 14.1. The highest BCUT2D eigenvalue weighted by molar-refractivity contribution is 8.18. The standard InChI is InChI=1S/C25H17Cl3FNO4S/c1-33-21-9-8-14(10-22(21)34-13-16-19(28)6-3-7-20(16)29)11-23-24(31)30(25(32)35-23)12-15-17(26)4-2-5-18(15)27/h2-11H,12-13H2,1H3/b23-11+. The van der Waals surface area contributed by atoms with Crippen LogP contribution in [0.1, 0.15) is 16.7 Å². The van der Waals surface area contributed by atoms with Gasteiger partial charge in [-0.2, -0.15) is 0 Å². The van der Waals surface area contributed by atoms with Crippen molar-refractivity contribution in [3.8, 4) is 11.5 Å². The highest BCUT2D eigenvalue weighted by atomic mass is 35.5. The smallest absolute Gasteiger partial charge is 0.293 e. The van der Waals surface area contributed by atoms with Crippen molar-refractivity contribution in [2.45, 2.75) is 13.2 Å². The van der Waals surface area contributed by atoms with Gasteiger partial charge < -0.3 is 9.47 Å². The number of hydrogen-bond donors (Lipinski definition) is 0. The number of amides is 2. The number of nitrogens with zero attached hydrogens (tertiary/aromatic N) is 1. The van der Waals surface area contributed by atoms with E-state index in [0.717, 1.165) is 16.7 Å². The van der Waals surface area contributed by atoms with E-state index in [2.05, 4.69) is 0 Å². The predicted octanol–water partition coefficient (Wildman–Crippen LogP) is 7.61. The summed E-state index contributed by atoms with van der Waals surface area (Å²) in [6.45, 7) is -0.165. The molecule has 35 heavy (non-hydrogen) atoms. The molecule has 1 aliphatic heterocycles. The highest BCUT2D eigenvalue weighted by Gasteiger charge is 2.35. The lowest BCUT2D eigenvalue weighted by Crippen LogP contribution is -2.27. The van der Waals surface area contributed by atoms with Crippen LogP contribution in [0.2, 0.25) is 15.1 Å². The Balaban J connectivity index is 1.56. The molecule has 1 saturated heterocycles. The Kier molecular flexibility index (Phi) is 7.91. The van der Waals surface area contributed by atoms with Gasteiger partial charge in [0.1, 0.15) is 12.4 Å². The second kappa shape index (κ2) is 10.9. The molecule has 1 fully saturated rings. The fraction of sp³-hybridized carbons (Fsp3) is 0.120. The van der Waals surface area contributed by atoms with Crippen LogP contribution < -0.4 is 9.47 Å². The normalized spacial score (nSPS) is 14.7. The van der Waals surface area contributed by atoms with E-state index < -0.39 is 17.0 Å². The summed E-state index contributed by atoms with van der Waals surface area (Å²) in [7, 11) is 1.48. The number of benzene rings is 3. The van der Waals surface area contributed by atoms with Crippen LogP contribution in [0, 0.1) is 5.82 Å². The topological polar surface area (TPSA) is 55.8 Å². The van der Waals surface area contributed by atoms with Gasteiger partial charge in [0.15, 0.2) is 11.5 Å². The Morgan fingerprint density at radius 1 is 0.943 bits per heavy atom. The van der Waals surface area contributed by atoms with Gasteiger partial charge in [0.05, 0.1) is 23.6 Å². The predicted molar refractivity (Wildman–Crippen MR) is 137 cm³/mol. The summed E-state index contributed by atoms with van der Waals surface area (Å²) in [5.74, 6) is -0.217. The average molecular weight is 553 g/mol. The number of methoxy groups -OCH3 is 1. The van der Waals surface area contributed by atoms with Gasteiger partial charge in [0, 0.05) is 21.2 Å². The van der Waals surface area contributed by atoms with E-state index in [1.807, 2.05) is 0 Å². The van der Waals surface area contributed by atoms with Crippen molar-refractivity contribution in [3.63, 3.8) is 0 Å². The molecule has 0 radical (unpaired) electrons. The second-order valence-electron chi connectivity index (χ2n) is 7.37. The first-order valence-electron chi connectivity index (χ1n) is 10.2. The lowest BCUT2D eigenvalue weighted by Gasteiger charge is -2.15. The monoisotopic (exact) mass is 551 g/mol. The van der Waals surface area contributed by atoms with Crippen molar-refractivity contribution in [2.75, 3.05) is 7.11 Å². The molecule has 0 aliphatic carbocycles. The molecule has 10 heteroatoms. The minimum Gasteiger partial charge on any atom is -0.493 e. The van der Waals surface area contributed by atoms with Gasteiger partial charge >= 0.3 is 0 Å². The van der Waals surface area contributed by atoms with Gasteiger partial charge in [-0.1, -0.05) is 53.0 Å². The molecule has 0 N–H and O–H groups in total. The molecule has 0 unspecified atom stereocenters. The van der Waals surface area contributed by atoms with E-state index in [4.69, 9.17) is 44.3 Å². The molecular weight excluding hydrogens is 536 g/mol. The zero-order valence-corrected chi connectivity index (χ0v) is 21.3. The first-order valence-corrected chi connectivity index (χ1v) is 12.2. The number of halogens is 4. The number of imide groups is 1. The molecule has 4 rings (SSSR count). The summed E-state index contributed by atoms with van der Waals surface area (Å²) in [5, 5.41) is 0.545. The van der Waals surface area contributed by atoms with Crippen molar-refractivity contribution >= 4 is 63.8 Å². The number of carbonyl (C=O) groups excluding carboxylic acids is 2. The molecule has 3 aromatic rings. The van der Waals surface area contributed by atoms with Crippen molar-refractivity contribution in [2.24, 2.45) is 0 Å². The number of carbonyl (C=O) groups is 2.